The van der Waals surface area contributed by atoms with E-state index in [0.717, 1.165) is 13.0 Å². The van der Waals surface area contributed by atoms with Crippen LogP contribution in [0, 0.1) is 0 Å². The largest absolute Gasteiger partial charge is 0.493 e. The first-order valence-corrected chi connectivity index (χ1v) is 7.34. The zero-order valence-electron chi connectivity index (χ0n) is 13.0. The van der Waals surface area contributed by atoms with Crippen LogP contribution in [0.3, 0.4) is 0 Å². The molecule has 0 spiro atoms. The maximum absolute atomic E-state index is 6.03. The van der Waals surface area contributed by atoms with E-state index in [9.17, 15) is 0 Å². The highest BCUT2D eigenvalue weighted by Gasteiger charge is 2.33. The quantitative estimate of drug-likeness (QED) is 0.846. The lowest BCUT2D eigenvalue weighted by Gasteiger charge is -2.23. The first-order valence-electron chi connectivity index (χ1n) is 7.34. The summed E-state index contributed by atoms with van der Waals surface area (Å²) in [6, 6.07) is 7.48. The molecule has 1 unspecified atom stereocenters. The van der Waals surface area contributed by atoms with Crippen LogP contribution in [0.5, 0.6) is 11.5 Å². The molecule has 2 aromatic rings. The minimum atomic E-state index is -0.751. The Morgan fingerprint density at radius 3 is 2.68 bits per heavy atom. The number of hydrogen-bond donors (Lipinski definition) is 0. The standard InChI is InChI=1S/C16H20N2O4/c1-16(2,21-13-7-5-4-6-12(13)19-3)15-17-14(18-22-15)11-8-9-20-10-11/h4-7,11H,8-10H2,1-3H3. The average Bonchev–Trinajstić information content (AvgIpc) is 3.18. The molecule has 1 aliphatic heterocycles. The van der Waals surface area contributed by atoms with E-state index in [0.29, 0.717) is 29.8 Å². The van der Waals surface area contributed by atoms with Gasteiger partial charge in [0.05, 0.1) is 13.7 Å². The Labute approximate surface area is 129 Å². The summed E-state index contributed by atoms with van der Waals surface area (Å²) in [5.74, 6) is 2.64. The molecular weight excluding hydrogens is 284 g/mol. The molecule has 3 rings (SSSR count). The van der Waals surface area contributed by atoms with Gasteiger partial charge in [-0.3, -0.25) is 0 Å². The van der Waals surface area contributed by atoms with E-state index in [-0.39, 0.29) is 5.92 Å². The predicted octanol–water partition coefficient (Wildman–Crippen LogP) is 2.90. The Hall–Kier alpha value is -2.08. The summed E-state index contributed by atoms with van der Waals surface area (Å²) < 4.78 is 22.1. The van der Waals surface area contributed by atoms with Gasteiger partial charge in [0, 0.05) is 12.5 Å². The van der Waals surface area contributed by atoms with Gasteiger partial charge in [0.2, 0.25) is 0 Å². The molecule has 6 nitrogen and oxygen atoms in total. The lowest BCUT2D eigenvalue weighted by Crippen LogP contribution is -2.26. The second-order valence-electron chi connectivity index (χ2n) is 5.78. The number of benzene rings is 1. The molecule has 0 N–H and O–H groups in total. The van der Waals surface area contributed by atoms with Crippen LogP contribution in [0.1, 0.15) is 37.9 Å². The van der Waals surface area contributed by atoms with Gasteiger partial charge in [0.25, 0.3) is 5.89 Å². The molecule has 118 valence electrons. The van der Waals surface area contributed by atoms with Crippen LogP contribution in [-0.4, -0.2) is 30.5 Å². The molecule has 1 fully saturated rings. The second-order valence-corrected chi connectivity index (χ2v) is 5.78. The van der Waals surface area contributed by atoms with Crippen molar-refractivity contribution in [1.29, 1.82) is 0 Å². The molecule has 1 aromatic heterocycles. The average molecular weight is 304 g/mol. The number of hydrogen-bond acceptors (Lipinski definition) is 6. The van der Waals surface area contributed by atoms with Crippen LogP contribution in [0.2, 0.25) is 0 Å². The second kappa shape index (κ2) is 5.96. The van der Waals surface area contributed by atoms with Gasteiger partial charge in [-0.25, -0.2) is 0 Å². The van der Waals surface area contributed by atoms with E-state index in [1.165, 1.54) is 0 Å². The number of nitrogens with zero attached hydrogens (tertiary/aromatic N) is 2. The van der Waals surface area contributed by atoms with E-state index in [4.69, 9.17) is 18.7 Å². The third-order valence-electron chi connectivity index (χ3n) is 3.69. The lowest BCUT2D eigenvalue weighted by molar-refractivity contribution is 0.0660. The maximum Gasteiger partial charge on any atom is 0.270 e. The highest BCUT2D eigenvalue weighted by atomic mass is 16.6. The Morgan fingerprint density at radius 1 is 1.23 bits per heavy atom. The van der Waals surface area contributed by atoms with E-state index in [1.807, 2.05) is 38.1 Å². The zero-order chi connectivity index (χ0) is 15.6. The minimum absolute atomic E-state index is 0.208. The fourth-order valence-electron chi connectivity index (χ4n) is 2.41. The van der Waals surface area contributed by atoms with E-state index >= 15 is 0 Å². The van der Waals surface area contributed by atoms with Crippen molar-refractivity contribution in [1.82, 2.24) is 10.1 Å². The number of aromatic nitrogens is 2. The minimum Gasteiger partial charge on any atom is -0.493 e. The lowest BCUT2D eigenvalue weighted by atomic mass is 10.1. The molecule has 0 amide bonds. The first-order chi connectivity index (χ1) is 10.6. The molecule has 2 heterocycles. The summed E-state index contributed by atoms with van der Waals surface area (Å²) in [7, 11) is 1.61. The fraction of sp³-hybridized carbons (Fsp3) is 0.500. The van der Waals surface area contributed by atoms with E-state index < -0.39 is 5.60 Å². The SMILES string of the molecule is COc1ccccc1OC(C)(C)c1nc(C2CCOC2)no1. The summed E-state index contributed by atoms with van der Waals surface area (Å²) in [4.78, 5) is 4.49. The van der Waals surface area contributed by atoms with Crippen molar-refractivity contribution in [2.45, 2.75) is 31.8 Å². The monoisotopic (exact) mass is 304 g/mol. The van der Waals surface area contributed by atoms with Crippen LogP contribution >= 0.6 is 0 Å². The normalized spacial score (nSPS) is 18.4. The Kier molecular flexibility index (Phi) is 4.02. The van der Waals surface area contributed by atoms with Crippen LogP contribution in [0.4, 0.5) is 0 Å². The van der Waals surface area contributed by atoms with Crippen molar-refractivity contribution < 1.29 is 18.7 Å². The fourth-order valence-corrected chi connectivity index (χ4v) is 2.41. The molecular formula is C16H20N2O4. The van der Waals surface area contributed by atoms with Crippen LogP contribution < -0.4 is 9.47 Å². The van der Waals surface area contributed by atoms with Crippen molar-refractivity contribution in [3.05, 3.63) is 36.0 Å². The highest BCUT2D eigenvalue weighted by molar-refractivity contribution is 5.39. The number of para-hydroxylation sites is 2. The van der Waals surface area contributed by atoms with Gasteiger partial charge in [0.15, 0.2) is 22.9 Å². The third kappa shape index (κ3) is 2.92. The molecule has 1 atom stereocenters. The van der Waals surface area contributed by atoms with Gasteiger partial charge >= 0.3 is 0 Å². The third-order valence-corrected chi connectivity index (χ3v) is 3.69. The number of rotatable bonds is 5. The molecule has 22 heavy (non-hydrogen) atoms. The molecule has 1 aliphatic rings. The molecule has 0 bridgehead atoms. The summed E-state index contributed by atoms with van der Waals surface area (Å²) >= 11 is 0. The van der Waals surface area contributed by atoms with Gasteiger partial charge in [0.1, 0.15) is 0 Å². The van der Waals surface area contributed by atoms with E-state index in [1.54, 1.807) is 7.11 Å². The highest BCUT2D eigenvalue weighted by Crippen LogP contribution is 2.34. The number of methoxy groups -OCH3 is 1. The van der Waals surface area contributed by atoms with E-state index in [2.05, 4.69) is 10.1 Å². The van der Waals surface area contributed by atoms with Crippen LogP contribution in [-0.2, 0) is 10.3 Å². The summed E-state index contributed by atoms with van der Waals surface area (Å²) in [6.45, 7) is 5.17. The number of ether oxygens (including phenoxy) is 3. The molecule has 6 heteroatoms. The van der Waals surface area contributed by atoms with Gasteiger partial charge < -0.3 is 18.7 Å². The Balaban J connectivity index is 1.80. The van der Waals surface area contributed by atoms with Gasteiger partial charge in [-0.2, -0.15) is 4.98 Å². The molecule has 0 aliphatic carbocycles. The predicted molar refractivity (Wildman–Crippen MR) is 79.1 cm³/mol. The van der Waals surface area contributed by atoms with Crippen molar-refractivity contribution in [2.75, 3.05) is 20.3 Å². The Bertz CT molecular complexity index is 633. The van der Waals surface area contributed by atoms with Crippen molar-refractivity contribution in [2.24, 2.45) is 0 Å². The topological polar surface area (TPSA) is 66.6 Å². The van der Waals surface area contributed by atoms with Crippen molar-refractivity contribution in [3.63, 3.8) is 0 Å². The molecule has 0 radical (unpaired) electrons. The van der Waals surface area contributed by atoms with Gasteiger partial charge in [-0.15, -0.1) is 0 Å². The smallest absolute Gasteiger partial charge is 0.270 e. The maximum atomic E-state index is 6.03. The summed E-state index contributed by atoms with van der Waals surface area (Å²) in [5.41, 5.74) is -0.751. The van der Waals surface area contributed by atoms with Crippen molar-refractivity contribution >= 4 is 0 Å². The molecule has 0 saturated carbocycles. The van der Waals surface area contributed by atoms with Gasteiger partial charge in [-0.1, -0.05) is 17.3 Å². The van der Waals surface area contributed by atoms with Crippen LogP contribution in [0.15, 0.2) is 28.8 Å². The molecule has 1 saturated heterocycles. The molecule has 1 aromatic carbocycles. The summed E-state index contributed by atoms with van der Waals surface area (Å²) in [6.07, 6.45) is 0.923. The van der Waals surface area contributed by atoms with Crippen LogP contribution in [0.25, 0.3) is 0 Å². The summed E-state index contributed by atoms with van der Waals surface area (Å²) in [5, 5.41) is 4.07. The van der Waals surface area contributed by atoms with Crippen molar-refractivity contribution in [3.8, 4) is 11.5 Å². The first kappa shape index (κ1) is 14.8. The Morgan fingerprint density at radius 2 is 2.00 bits per heavy atom. The van der Waals surface area contributed by atoms with Gasteiger partial charge in [-0.05, 0) is 32.4 Å². The zero-order valence-corrected chi connectivity index (χ0v) is 13.0.